The topological polar surface area (TPSA) is 519 Å². The maximum absolute atomic E-state index is 13.4. The number of carbonyl (C=O) groups is 4. The van der Waals surface area contributed by atoms with Crippen LogP contribution in [-0.4, -0.2) is 111 Å². The van der Waals surface area contributed by atoms with Gasteiger partial charge in [-0.05, 0) is 94.5 Å². The fourth-order valence-electron chi connectivity index (χ4n) is 7.86. The molecule has 0 saturated carbocycles. The summed E-state index contributed by atoms with van der Waals surface area (Å²) in [5, 5.41) is 97.6. The van der Waals surface area contributed by atoms with Gasteiger partial charge >= 0.3 is 11.9 Å². The average Bonchev–Trinajstić information content (AvgIpc) is 1.24. The standard InChI is InChI=1S/C48H32N8O23S4.2Cu/c57-35-17-23(9-11-31(35)51-53-41-37(82(74,75)76)15-21-13-25(80(68,69)70)19-33(39(21)43(41)59)49-45(61)27-5-1-3-7-29(27)47(63)64)55-56(67)24-10-12-32(36(58)18-24)52-54-42-38(83(77,78)79)16-22-14-26(81(71,72)73)20-34(40(22)44(42)60)50-46(62)28-6-2-4-8-30(28)48(65)66;;/h1-20,57-60H,(H,49,61)(H,50,62)(H,63,64)(H,65,66)(H,68,69,70)(H,71,72,73)(H,74,75,76)(H,77,78,79);;. The van der Waals surface area contributed by atoms with Crippen molar-refractivity contribution in [2.45, 2.75) is 19.6 Å². The van der Waals surface area contributed by atoms with Crippen molar-refractivity contribution in [1.29, 1.82) is 0 Å². The molecule has 0 spiro atoms. The molecule has 0 unspecified atom stereocenters. The van der Waals surface area contributed by atoms with E-state index in [4.69, 9.17) is 0 Å². The predicted octanol–water partition coefficient (Wildman–Crippen LogP) is 8.45. The minimum Gasteiger partial charge on any atom is -0.594 e. The van der Waals surface area contributed by atoms with Gasteiger partial charge in [-0.3, -0.25) is 27.8 Å². The molecule has 2 radical (unpaired) electrons. The van der Waals surface area contributed by atoms with E-state index < -0.39 is 190 Å². The number of azo groups is 3. The molecule has 0 aliphatic heterocycles. The second-order valence-corrected chi connectivity index (χ2v) is 22.5. The van der Waals surface area contributed by atoms with Gasteiger partial charge in [-0.1, -0.05) is 24.3 Å². The molecule has 8 rings (SSSR count). The van der Waals surface area contributed by atoms with Crippen LogP contribution in [0, 0.1) is 5.21 Å². The Balaban J connectivity index is 0.00000579. The van der Waals surface area contributed by atoms with Gasteiger partial charge in [0.05, 0.1) is 49.5 Å². The fourth-order valence-corrected chi connectivity index (χ4v) is 10.3. The molecule has 85 heavy (non-hydrogen) atoms. The van der Waals surface area contributed by atoms with Crippen LogP contribution in [0.3, 0.4) is 0 Å². The quantitative estimate of drug-likeness (QED) is 0.0142. The molecule has 37 heteroatoms. The SMILES string of the molecule is O=C(O)c1ccccc1C(=O)Nc1cc(S(=O)(=O)O)cc2cc(S(=O)(=O)O)c(N=Nc3ccc(N=[N+]([O-])c4ccc(N=Nc5c(S(=O)(=O)O)cc6cc(S(=O)(=O)O)cc(NC(=O)c7ccccc7C(=O)O)c6c5O)c(O)c4)cc3O)c(O)c12.[Cu].[Cu]. The third-order valence-electron chi connectivity index (χ3n) is 11.6. The molecule has 0 aromatic heterocycles. The molecular formula is C48H32Cu2N8O23S4. The Morgan fingerprint density at radius 3 is 1.19 bits per heavy atom. The average molecular weight is 1340 g/mol. The van der Waals surface area contributed by atoms with Crippen molar-refractivity contribution in [3.05, 3.63) is 149 Å². The van der Waals surface area contributed by atoms with Crippen molar-refractivity contribution >= 4 is 131 Å². The Bertz CT molecular complexity index is 4760. The molecule has 0 fully saturated rings. The number of nitrogens with zero attached hydrogens (tertiary/aromatic N) is 6. The van der Waals surface area contributed by atoms with Crippen molar-refractivity contribution < 1.29 is 141 Å². The first kappa shape index (κ1) is 64.8. The maximum Gasteiger partial charge on any atom is 0.336 e. The number of amides is 2. The van der Waals surface area contributed by atoms with Crippen LogP contribution in [0.25, 0.3) is 21.5 Å². The van der Waals surface area contributed by atoms with Crippen LogP contribution in [0.4, 0.5) is 45.5 Å². The number of phenols is 4. The van der Waals surface area contributed by atoms with Crippen molar-refractivity contribution in [1.82, 2.24) is 0 Å². The number of hydrogen-bond donors (Lipinski definition) is 12. The zero-order valence-electron chi connectivity index (χ0n) is 41.2. The molecule has 0 aliphatic carbocycles. The largest absolute Gasteiger partial charge is 0.594 e. The van der Waals surface area contributed by atoms with Crippen molar-refractivity contribution in [2.24, 2.45) is 25.6 Å². The summed E-state index contributed by atoms with van der Waals surface area (Å²) in [6, 6.07) is 18.5. The molecular weight excluding hydrogens is 1310 g/mol. The van der Waals surface area contributed by atoms with Crippen LogP contribution < -0.4 is 10.6 Å². The number of fused-ring (bicyclic) bond motifs is 2. The number of anilines is 2. The minimum atomic E-state index is -5.43. The van der Waals surface area contributed by atoms with Crippen LogP contribution in [0.5, 0.6) is 23.0 Å². The maximum atomic E-state index is 13.4. The number of rotatable bonds is 16. The first-order valence-electron chi connectivity index (χ1n) is 22.3. The summed E-state index contributed by atoms with van der Waals surface area (Å²) in [4.78, 5) is 45.9. The number of aromatic hydroxyl groups is 4. The van der Waals surface area contributed by atoms with Crippen LogP contribution in [0.15, 0.2) is 166 Å². The first-order chi connectivity index (χ1) is 38.7. The smallest absolute Gasteiger partial charge is 0.336 e. The van der Waals surface area contributed by atoms with Gasteiger partial charge < -0.3 is 46.5 Å². The summed E-state index contributed by atoms with van der Waals surface area (Å²) in [6.45, 7) is 0. The summed E-state index contributed by atoms with van der Waals surface area (Å²) >= 11 is 0. The van der Waals surface area contributed by atoms with E-state index >= 15 is 0 Å². The second kappa shape index (κ2) is 24.5. The fraction of sp³-hybridized carbons (Fsp3) is 0. The Kier molecular flexibility index (Phi) is 18.6. The number of benzene rings is 8. The molecule has 448 valence electrons. The van der Waals surface area contributed by atoms with Gasteiger partial charge in [0.15, 0.2) is 11.5 Å². The summed E-state index contributed by atoms with van der Waals surface area (Å²) < 4.78 is 139. The minimum absolute atomic E-state index is 0. The number of phenolic OH excluding ortho intramolecular Hbond substituents is 4. The van der Waals surface area contributed by atoms with Crippen LogP contribution >= 0.6 is 0 Å². The van der Waals surface area contributed by atoms with E-state index in [0.717, 1.165) is 60.7 Å². The van der Waals surface area contributed by atoms with Gasteiger partial charge in [0.25, 0.3) is 52.3 Å². The van der Waals surface area contributed by atoms with Gasteiger partial charge in [0, 0.05) is 62.2 Å². The number of nitrogens with one attached hydrogen (secondary N) is 2. The molecule has 0 atom stereocenters. The molecule has 8 aromatic carbocycles. The second-order valence-electron chi connectivity index (χ2n) is 16.9. The van der Waals surface area contributed by atoms with Gasteiger partial charge in [-0.25, -0.2) is 9.59 Å². The molecule has 12 N–H and O–H groups in total. The Morgan fingerprint density at radius 1 is 0.459 bits per heavy atom. The molecule has 0 aliphatic rings. The normalized spacial score (nSPS) is 12.2. The number of aromatic carboxylic acids is 2. The van der Waals surface area contributed by atoms with E-state index in [9.17, 15) is 107 Å². The zero-order valence-corrected chi connectivity index (χ0v) is 46.4. The van der Waals surface area contributed by atoms with Gasteiger partial charge in [-0.2, -0.15) is 33.7 Å². The van der Waals surface area contributed by atoms with Crippen molar-refractivity contribution in [3.8, 4) is 23.0 Å². The monoisotopic (exact) mass is 1340 g/mol. The van der Waals surface area contributed by atoms with E-state index in [2.05, 4.69) is 36.2 Å². The molecule has 8 aromatic rings. The Morgan fingerprint density at radius 2 is 0.835 bits per heavy atom. The molecule has 0 heterocycles. The summed E-state index contributed by atoms with van der Waals surface area (Å²) in [6.07, 6.45) is 0. The van der Waals surface area contributed by atoms with Gasteiger partial charge in [-0.15, -0.1) is 20.5 Å². The number of carboxylic acids is 2. The van der Waals surface area contributed by atoms with Gasteiger partial charge in [0.1, 0.15) is 49.7 Å². The van der Waals surface area contributed by atoms with E-state index in [1.807, 2.05) is 0 Å². The Labute approximate surface area is 496 Å². The summed E-state index contributed by atoms with van der Waals surface area (Å²) in [7, 11) is -21.2. The molecule has 0 bridgehead atoms. The van der Waals surface area contributed by atoms with Crippen molar-refractivity contribution in [2.75, 3.05) is 10.6 Å². The zero-order chi connectivity index (χ0) is 60.8. The summed E-state index contributed by atoms with van der Waals surface area (Å²) in [5.41, 5.74) is -7.39. The predicted molar refractivity (Wildman–Crippen MR) is 283 cm³/mol. The Hall–Kier alpha value is -9.36. The number of hydrogen-bond acceptors (Lipinski definition) is 22. The van der Waals surface area contributed by atoms with Gasteiger partial charge in [0.2, 0.25) is 5.69 Å². The number of carboxylic acid groups (broad SMARTS) is 2. The third kappa shape index (κ3) is 13.8. The number of carbonyl (C=O) groups excluding carboxylic acids is 2. The van der Waals surface area contributed by atoms with Crippen LogP contribution in [0.1, 0.15) is 41.4 Å². The van der Waals surface area contributed by atoms with E-state index in [-0.39, 0.29) is 44.7 Å². The summed E-state index contributed by atoms with van der Waals surface area (Å²) in [5.74, 6) is -9.63. The molecule has 2 amide bonds. The first-order valence-corrected chi connectivity index (χ1v) is 28.0. The third-order valence-corrected chi connectivity index (χ3v) is 15.0. The van der Waals surface area contributed by atoms with Crippen LogP contribution in [0.2, 0.25) is 0 Å². The van der Waals surface area contributed by atoms with Crippen molar-refractivity contribution in [3.63, 3.8) is 0 Å². The van der Waals surface area contributed by atoms with E-state index in [1.54, 1.807) is 0 Å². The molecule has 0 saturated heterocycles. The van der Waals surface area contributed by atoms with Crippen LogP contribution in [-0.2, 0) is 74.6 Å². The van der Waals surface area contributed by atoms with E-state index in [0.29, 0.717) is 36.4 Å². The molecule has 31 nitrogen and oxygen atoms in total. The van der Waals surface area contributed by atoms with E-state index in [1.165, 1.54) is 24.3 Å².